The van der Waals surface area contributed by atoms with E-state index in [2.05, 4.69) is 57.1 Å². The van der Waals surface area contributed by atoms with Crippen molar-refractivity contribution < 1.29 is 4.79 Å². The lowest BCUT2D eigenvalue weighted by Gasteiger charge is -2.16. The van der Waals surface area contributed by atoms with Crippen molar-refractivity contribution in [3.05, 3.63) is 55.8 Å². The van der Waals surface area contributed by atoms with Gasteiger partial charge in [0.25, 0.3) is 5.91 Å². The molecule has 2 heterocycles. The summed E-state index contributed by atoms with van der Waals surface area (Å²) in [5.74, 6) is 0.0562. The molecule has 1 aliphatic rings. The molecule has 1 atom stereocenters. The Kier molecular flexibility index (Phi) is 4.92. The molecule has 21 heavy (non-hydrogen) atoms. The zero-order valence-corrected chi connectivity index (χ0v) is 14.6. The Morgan fingerprint density at radius 3 is 2.90 bits per heavy atom. The Hall–Kier alpha value is -0.920. The molecule has 0 radical (unpaired) electrons. The van der Waals surface area contributed by atoms with Crippen molar-refractivity contribution in [1.29, 1.82) is 0 Å². The molecule has 0 aliphatic carbocycles. The summed E-state index contributed by atoms with van der Waals surface area (Å²) in [5.41, 5.74) is 2.11. The van der Waals surface area contributed by atoms with Crippen LogP contribution in [0.25, 0.3) is 0 Å². The Labute approximate surface area is 142 Å². The smallest absolute Gasteiger partial charge is 0.252 e. The first-order chi connectivity index (χ1) is 10.2. The number of thiophene rings is 1. The van der Waals surface area contributed by atoms with Crippen molar-refractivity contribution in [3.8, 4) is 0 Å². The van der Waals surface area contributed by atoms with Crippen LogP contribution in [0.15, 0.2) is 41.8 Å². The highest BCUT2D eigenvalue weighted by Crippen LogP contribution is 2.18. The predicted molar refractivity (Wildman–Crippen MR) is 94.6 cm³/mol. The Morgan fingerprint density at radius 2 is 2.19 bits per heavy atom. The summed E-state index contributed by atoms with van der Waals surface area (Å²) in [6.07, 6.45) is 1.03. The van der Waals surface area contributed by atoms with E-state index in [1.165, 1.54) is 5.56 Å². The summed E-state index contributed by atoms with van der Waals surface area (Å²) in [5, 5.41) is 5.07. The van der Waals surface area contributed by atoms with Crippen LogP contribution in [0.3, 0.4) is 0 Å². The predicted octanol–water partition coefficient (Wildman–Crippen LogP) is 3.36. The average Bonchev–Trinajstić information content (AvgIpc) is 3.09. The van der Waals surface area contributed by atoms with Crippen LogP contribution in [0.5, 0.6) is 0 Å². The third kappa shape index (κ3) is 4.05. The molecule has 1 aromatic heterocycles. The molecule has 1 aliphatic heterocycles. The monoisotopic (exact) mass is 412 g/mol. The standard InChI is InChI=1S/C16H17IN2OS/c17-15-8-13(11-21-15)16(20)18-14-6-7-19(10-14)9-12-4-2-1-3-5-12/h1-5,8,11,14H,6-7,9-10H2,(H,18,20). The summed E-state index contributed by atoms with van der Waals surface area (Å²) < 4.78 is 1.15. The van der Waals surface area contributed by atoms with Crippen LogP contribution >= 0.6 is 33.9 Å². The van der Waals surface area contributed by atoms with E-state index in [9.17, 15) is 4.79 Å². The normalized spacial score (nSPS) is 18.8. The maximum Gasteiger partial charge on any atom is 0.252 e. The molecular formula is C16H17IN2OS. The van der Waals surface area contributed by atoms with Crippen LogP contribution in [0, 0.1) is 2.88 Å². The SMILES string of the molecule is O=C(NC1CCN(Cc2ccccc2)C1)c1csc(I)c1. The number of carbonyl (C=O) groups is 1. The van der Waals surface area contributed by atoms with Gasteiger partial charge in [-0.3, -0.25) is 9.69 Å². The molecule has 1 N–H and O–H groups in total. The summed E-state index contributed by atoms with van der Waals surface area (Å²) in [4.78, 5) is 14.6. The van der Waals surface area contributed by atoms with Crippen LogP contribution in [0.2, 0.25) is 0 Å². The van der Waals surface area contributed by atoms with Gasteiger partial charge in [-0.25, -0.2) is 0 Å². The van der Waals surface area contributed by atoms with Crippen LogP contribution < -0.4 is 5.32 Å². The lowest BCUT2D eigenvalue weighted by atomic mass is 10.2. The number of amides is 1. The summed E-state index contributed by atoms with van der Waals surface area (Å²) in [6.45, 7) is 2.94. The molecule has 1 amide bonds. The molecule has 1 unspecified atom stereocenters. The van der Waals surface area contributed by atoms with Crippen LogP contribution in [0.4, 0.5) is 0 Å². The van der Waals surface area contributed by atoms with Crippen molar-refractivity contribution in [1.82, 2.24) is 10.2 Å². The summed E-state index contributed by atoms with van der Waals surface area (Å²) >= 11 is 3.85. The van der Waals surface area contributed by atoms with E-state index in [0.29, 0.717) is 0 Å². The highest BCUT2D eigenvalue weighted by molar-refractivity contribution is 14.1. The first-order valence-electron chi connectivity index (χ1n) is 7.02. The van der Waals surface area contributed by atoms with Gasteiger partial charge in [-0.2, -0.15) is 0 Å². The van der Waals surface area contributed by atoms with Crippen LogP contribution in [-0.2, 0) is 6.54 Å². The van der Waals surface area contributed by atoms with Gasteiger partial charge < -0.3 is 5.32 Å². The molecule has 110 valence electrons. The number of carbonyl (C=O) groups excluding carboxylic acids is 1. The van der Waals surface area contributed by atoms with Gasteiger partial charge in [-0.05, 0) is 40.6 Å². The average molecular weight is 412 g/mol. The minimum atomic E-state index is 0.0562. The fraction of sp³-hybridized carbons (Fsp3) is 0.312. The highest BCUT2D eigenvalue weighted by atomic mass is 127. The molecule has 2 aromatic rings. The lowest BCUT2D eigenvalue weighted by Crippen LogP contribution is -2.36. The molecule has 5 heteroatoms. The molecule has 1 saturated heterocycles. The van der Waals surface area contributed by atoms with E-state index >= 15 is 0 Å². The topological polar surface area (TPSA) is 32.3 Å². The van der Waals surface area contributed by atoms with E-state index in [1.807, 2.05) is 17.5 Å². The van der Waals surface area contributed by atoms with Crippen molar-refractivity contribution in [3.63, 3.8) is 0 Å². The highest BCUT2D eigenvalue weighted by Gasteiger charge is 2.24. The van der Waals surface area contributed by atoms with E-state index in [-0.39, 0.29) is 11.9 Å². The lowest BCUT2D eigenvalue weighted by molar-refractivity contribution is 0.0938. The zero-order chi connectivity index (χ0) is 14.7. The third-order valence-corrected chi connectivity index (χ3v) is 5.48. The maximum absolute atomic E-state index is 12.2. The van der Waals surface area contributed by atoms with E-state index < -0.39 is 0 Å². The number of hydrogen-bond donors (Lipinski definition) is 1. The minimum Gasteiger partial charge on any atom is -0.348 e. The molecule has 0 saturated carbocycles. The zero-order valence-electron chi connectivity index (χ0n) is 11.6. The molecule has 1 aromatic carbocycles. The van der Waals surface area contributed by atoms with Crippen molar-refractivity contribution >= 4 is 39.8 Å². The van der Waals surface area contributed by atoms with E-state index in [1.54, 1.807) is 11.3 Å². The number of nitrogens with zero attached hydrogens (tertiary/aromatic N) is 1. The van der Waals surface area contributed by atoms with Gasteiger partial charge in [-0.15, -0.1) is 11.3 Å². The first kappa shape index (κ1) is 15.0. The molecule has 1 fully saturated rings. The molecular weight excluding hydrogens is 395 g/mol. The molecule has 3 nitrogen and oxygen atoms in total. The van der Waals surface area contributed by atoms with Gasteiger partial charge >= 0.3 is 0 Å². The fourth-order valence-corrected chi connectivity index (χ4v) is 3.96. The largest absolute Gasteiger partial charge is 0.348 e. The number of nitrogens with one attached hydrogen (secondary N) is 1. The molecule has 0 spiro atoms. The number of benzene rings is 1. The number of rotatable bonds is 4. The van der Waals surface area contributed by atoms with Gasteiger partial charge in [0.05, 0.1) is 8.45 Å². The number of likely N-dealkylation sites (tertiary alicyclic amines) is 1. The van der Waals surface area contributed by atoms with Crippen LogP contribution in [-0.4, -0.2) is 29.9 Å². The van der Waals surface area contributed by atoms with Gasteiger partial charge in [0, 0.05) is 31.1 Å². The van der Waals surface area contributed by atoms with Gasteiger partial charge in [0.15, 0.2) is 0 Å². The molecule has 0 bridgehead atoms. The quantitative estimate of drug-likeness (QED) is 0.782. The summed E-state index contributed by atoms with van der Waals surface area (Å²) in [6, 6.07) is 12.7. The minimum absolute atomic E-state index is 0.0562. The fourth-order valence-electron chi connectivity index (χ4n) is 2.63. The first-order valence-corrected chi connectivity index (χ1v) is 8.98. The van der Waals surface area contributed by atoms with Gasteiger partial charge in [-0.1, -0.05) is 30.3 Å². The van der Waals surface area contributed by atoms with Crippen LogP contribution in [0.1, 0.15) is 22.3 Å². The second kappa shape index (κ2) is 6.89. The van der Waals surface area contributed by atoms with E-state index in [4.69, 9.17) is 0 Å². The maximum atomic E-state index is 12.2. The number of halogens is 1. The Balaban J connectivity index is 1.52. The van der Waals surface area contributed by atoms with Gasteiger partial charge in [0.1, 0.15) is 0 Å². The van der Waals surface area contributed by atoms with Crippen molar-refractivity contribution in [2.75, 3.05) is 13.1 Å². The van der Waals surface area contributed by atoms with Gasteiger partial charge in [0.2, 0.25) is 0 Å². The Morgan fingerprint density at radius 1 is 1.38 bits per heavy atom. The van der Waals surface area contributed by atoms with Crippen molar-refractivity contribution in [2.45, 2.75) is 19.0 Å². The Bertz CT molecular complexity index is 614. The third-order valence-electron chi connectivity index (χ3n) is 3.69. The number of hydrogen-bond acceptors (Lipinski definition) is 3. The second-order valence-corrected chi connectivity index (χ2v) is 8.12. The summed E-state index contributed by atoms with van der Waals surface area (Å²) in [7, 11) is 0. The molecule has 3 rings (SSSR count). The van der Waals surface area contributed by atoms with Crippen molar-refractivity contribution in [2.24, 2.45) is 0 Å². The van der Waals surface area contributed by atoms with E-state index in [0.717, 1.165) is 34.5 Å². The second-order valence-electron chi connectivity index (χ2n) is 5.32.